The highest BCUT2D eigenvalue weighted by atomic mass is 16.6. The Hall–Kier alpha value is -3.81. The summed E-state index contributed by atoms with van der Waals surface area (Å²) in [7, 11) is 0. The van der Waals surface area contributed by atoms with E-state index in [0.29, 0.717) is 31.2 Å². The van der Waals surface area contributed by atoms with E-state index in [0.717, 1.165) is 59.5 Å². The summed E-state index contributed by atoms with van der Waals surface area (Å²) in [6.45, 7) is 2.61. The molecule has 1 aromatic heterocycles. The van der Waals surface area contributed by atoms with Crippen LogP contribution in [0.25, 0.3) is 10.9 Å². The van der Waals surface area contributed by atoms with Crippen molar-refractivity contribution in [2.45, 2.75) is 76.4 Å². The molecule has 0 aliphatic heterocycles. The van der Waals surface area contributed by atoms with Crippen LogP contribution in [0.15, 0.2) is 60.8 Å². The fourth-order valence-corrected chi connectivity index (χ4v) is 8.30. The zero-order chi connectivity index (χ0) is 30.0. The van der Waals surface area contributed by atoms with Crippen LogP contribution in [0.3, 0.4) is 0 Å². The molecule has 8 nitrogen and oxygen atoms in total. The minimum atomic E-state index is -1.00. The summed E-state index contributed by atoms with van der Waals surface area (Å²) in [6.07, 6.45) is 8.23. The molecular formula is C35H43N3O5. The fourth-order valence-electron chi connectivity index (χ4n) is 8.30. The molecule has 1 atom stereocenters. The van der Waals surface area contributed by atoms with Gasteiger partial charge in [-0.15, -0.1) is 0 Å². The lowest BCUT2D eigenvalue weighted by molar-refractivity contribution is -0.141. The minimum Gasteiger partial charge on any atom is -0.481 e. The van der Waals surface area contributed by atoms with Crippen molar-refractivity contribution >= 4 is 28.9 Å². The molecule has 0 unspecified atom stereocenters. The maximum atomic E-state index is 13.7. The van der Waals surface area contributed by atoms with Gasteiger partial charge >= 0.3 is 12.1 Å². The Morgan fingerprint density at radius 2 is 1.63 bits per heavy atom. The predicted molar refractivity (Wildman–Crippen MR) is 164 cm³/mol. The van der Waals surface area contributed by atoms with E-state index in [1.54, 1.807) is 4.90 Å². The molecule has 0 saturated heterocycles. The van der Waals surface area contributed by atoms with Gasteiger partial charge in [0.05, 0.1) is 12.0 Å². The SMILES string of the molecule is C[C@@](Cc1c[nH]c2ccccc12)(CN(CCc1ccccc1)C(=O)CCC(=O)O)NC(=O)OC1C2CC3CC(C2)CC1C3. The number of carbonyl (C=O) groups excluding carboxylic acids is 2. The number of hydrogen-bond acceptors (Lipinski definition) is 4. The standard InChI is InChI=1S/C35H43N3O5/c1-35(20-28-21-36-30-10-6-5-9-29(28)30,37-34(42)43-33-26-16-24-15-25(18-26)19-27(33)17-24)22-38(31(39)11-12-32(40)41)14-13-23-7-3-2-4-8-23/h2-10,21,24-27,33,36H,11-20,22H2,1H3,(H,37,42)(H,40,41)/t24?,25?,26?,27?,33?,35-/m1/s1. The summed E-state index contributed by atoms with van der Waals surface area (Å²) in [5, 5.41) is 13.6. The lowest BCUT2D eigenvalue weighted by Crippen LogP contribution is -2.58. The van der Waals surface area contributed by atoms with E-state index >= 15 is 0 Å². The second-order valence-electron chi connectivity index (χ2n) is 13.5. The Balaban J connectivity index is 1.23. The van der Waals surface area contributed by atoms with E-state index in [2.05, 4.69) is 16.4 Å². The van der Waals surface area contributed by atoms with Crippen LogP contribution >= 0.6 is 0 Å². The largest absolute Gasteiger partial charge is 0.481 e. The van der Waals surface area contributed by atoms with Crippen molar-refractivity contribution in [1.82, 2.24) is 15.2 Å². The van der Waals surface area contributed by atoms with Crippen molar-refractivity contribution in [3.8, 4) is 0 Å². The van der Waals surface area contributed by atoms with Crippen LogP contribution in [0.2, 0.25) is 0 Å². The van der Waals surface area contributed by atoms with Gasteiger partial charge in [-0.1, -0.05) is 48.5 Å². The number of para-hydroxylation sites is 1. The summed E-state index contributed by atoms with van der Waals surface area (Å²) >= 11 is 0. The molecule has 4 bridgehead atoms. The number of benzene rings is 2. The van der Waals surface area contributed by atoms with Crippen LogP contribution in [0.4, 0.5) is 4.79 Å². The van der Waals surface area contributed by atoms with Gasteiger partial charge in [0.2, 0.25) is 5.91 Å². The molecule has 0 radical (unpaired) electrons. The van der Waals surface area contributed by atoms with E-state index < -0.39 is 17.6 Å². The zero-order valence-electron chi connectivity index (χ0n) is 25.0. The summed E-state index contributed by atoms with van der Waals surface area (Å²) in [6, 6.07) is 18.0. The number of carbonyl (C=O) groups is 3. The van der Waals surface area contributed by atoms with E-state index in [4.69, 9.17) is 4.74 Å². The third-order valence-electron chi connectivity index (χ3n) is 10.0. The second kappa shape index (κ2) is 12.4. The summed E-state index contributed by atoms with van der Waals surface area (Å²) in [4.78, 5) is 43.5. The van der Waals surface area contributed by atoms with Crippen LogP contribution < -0.4 is 5.32 Å². The molecule has 2 aromatic carbocycles. The topological polar surface area (TPSA) is 112 Å². The monoisotopic (exact) mass is 585 g/mol. The summed E-state index contributed by atoms with van der Waals surface area (Å²) in [5.41, 5.74) is 2.28. The van der Waals surface area contributed by atoms with Gasteiger partial charge in [0.25, 0.3) is 0 Å². The number of hydrogen-bond donors (Lipinski definition) is 3. The van der Waals surface area contributed by atoms with Crippen molar-refractivity contribution in [3.05, 3.63) is 71.9 Å². The van der Waals surface area contributed by atoms with Gasteiger partial charge < -0.3 is 25.0 Å². The number of rotatable bonds is 12. The molecule has 4 aliphatic rings. The Morgan fingerprint density at radius 1 is 0.953 bits per heavy atom. The first-order chi connectivity index (χ1) is 20.7. The van der Waals surface area contributed by atoms with Gasteiger partial charge in [0.15, 0.2) is 0 Å². The molecule has 2 amide bonds. The van der Waals surface area contributed by atoms with E-state index in [1.807, 2.05) is 61.7 Å². The highest BCUT2D eigenvalue weighted by Crippen LogP contribution is 2.54. The van der Waals surface area contributed by atoms with Gasteiger partial charge in [-0.3, -0.25) is 9.59 Å². The molecule has 4 saturated carbocycles. The van der Waals surface area contributed by atoms with Crippen molar-refractivity contribution < 1.29 is 24.2 Å². The predicted octanol–water partition coefficient (Wildman–Crippen LogP) is 5.96. The van der Waals surface area contributed by atoms with E-state index in [-0.39, 0.29) is 31.4 Å². The number of aromatic nitrogens is 1. The average Bonchev–Trinajstić information content (AvgIpc) is 3.38. The van der Waals surface area contributed by atoms with Crippen molar-refractivity contribution in [1.29, 1.82) is 0 Å². The molecule has 228 valence electrons. The Morgan fingerprint density at radius 3 is 2.33 bits per heavy atom. The zero-order valence-corrected chi connectivity index (χ0v) is 25.0. The Bertz CT molecular complexity index is 1420. The summed E-state index contributed by atoms with van der Waals surface area (Å²) < 4.78 is 6.24. The number of carboxylic acids is 1. The quantitative estimate of drug-likeness (QED) is 0.243. The number of aromatic amines is 1. The average molecular weight is 586 g/mol. The molecule has 3 N–H and O–H groups in total. The molecule has 4 fully saturated rings. The van der Waals surface area contributed by atoms with E-state index in [9.17, 15) is 19.5 Å². The van der Waals surface area contributed by atoms with Gasteiger partial charge in [0.1, 0.15) is 6.10 Å². The molecule has 4 aliphatic carbocycles. The highest BCUT2D eigenvalue weighted by molar-refractivity contribution is 5.83. The van der Waals surface area contributed by atoms with Crippen molar-refractivity contribution in [3.63, 3.8) is 0 Å². The van der Waals surface area contributed by atoms with Gasteiger partial charge in [0, 0.05) is 36.6 Å². The smallest absolute Gasteiger partial charge is 0.407 e. The van der Waals surface area contributed by atoms with Gasteiger partial charge in [-0.2, -0.15) is 0 Å². The molecule has 43 heavy (non-hydrogen) atoms. The number of fused-ring (bicyclic) bond motifs is 1. The first kappa shape index (κ1) is 29.3. The maximum Gasteiger partial charge on any atom is 0.407 e. The van der Waals surface area contributed by atoms with Crippen LogP contribution in [0.1, 0.15) is 63.0 Å². The lowest BCUT2D eigenvalue weighted by atomic mass is 9.55. The fraction of sp³-hybridized carbons (Fsp3) is 0.514. The van der Waals surface area contributed by atoms with Crippen LogP contribution in [0.5, 0.6) is 0 Å². The number of alkyl carbamates (subject to hydrolysis) is 1. The highest BCUT2D eigenvalue weighted by Gasteiger charge is 2.50. The first-order valence-electron chi connectivity index (χ1n) is 15.8. The third-order valence-corrected chi connectivity index (χ3v) is 10.0. The van der Waals surface area contributed by atoms with Crippen LogP contribution in [0, 0.1) is 23.7 Å². The number of ether oxygens (including phenoxy) is 1. The number of nitrogens with one attached hydrogen (secondary N) is 2. The molecule has 7 rings (SSSR count). The van der Waals surface area contributed by atoms with Gasteiger partial charge in [-0.05, 0) is 92.7 Å². The normalized spacial score (nSPS) is 25.3. The van der Waals surface area contributed by atoms with Crippen LogP contribution in [-0.4, -0.2) is 57.7 Å². The number of amides is 2. The molecule has 3 aromatic rings. The number of nitrogens with zero attached hydrogens (tertiary/aromatic N) is 1. The number of H-pyrrole nitrogens is 1. The van der Waals surface area contributed by atoms with Gasteiger partial charge in [-0.25, -0.2) is 4.79 Å². The lowest BCUT2D eigenvalue weighted by Gasteiger charge is -2.53. The second-order valence-corrected chi connectivity index (χ2v) is 13.5. The Labute approximate surface area is 253 Å². The third kappa shape index (κ3) is 6.89. The molecular weight excluding hydrogens is 542 g/mol. The van der Waals surface area contributed by atoms with Crippen LogP contribution in [-0.2, 0) is 27.2 Å². The maximum absolute atomic E-state index is 13.7. The Kier molecular flexibility index (Phi) is 8.46. The summed E-state index contributed by atoms with van der Waals surface area (Å²) in [5.74, 6) is 1.22. The van der Waals surface area contributed by atoms with Crippen molar-refractivity contribution in [2.24, 2.45) is 23.7 Å². The number of carboxylic acid groups (broad SMARTS) is 1. The number of aliphatic carboxylic acids is 1. The molecule has 1 heterocycles. The molecule has 8 heteroatoms. The molecule has 0 spiro atoms. The first-order valence-corrected chi connectivity index (χ1v) is 15.8. The van der Waals surface area contributed by atoms with Crippen molar-refractivity contribution in [2.75, 3.05) is 13.1 Å². The minimum absolute atomic E-state index is 0.0449. The van der Waals surface area contributed by atoms with E-state index in [1.165, 1.54) is 6.42 Å².